The van der Waals surface area contributed by atoms with Gasteiger partial charge in [0.25, 0.3) is 0 Å². The van der Waals surface area contributed by atoms with Crippen LogP contribution in [0.4, 0.5) is 10.1 Å². The summed E-state index contributed by atoms with van der Waals surface area (Å²) in [7, 11) is 3.12. The number of methoxy groups -OCH3 is 2. The number of halogens is 1. The number of hydrogen-bond donors (Lipinski definition) is 2. The minimum Gasteiger partial charge on any atom is -0.497 e. The second-order valence-electron chi connectivity index (χ2n) is 5.11. The van der Waals surface area contributed by atoms with Gasteiger partial charge in [-0.25, -0.2) is 4.39 Å². The van der Waals surface area contributed by atoms with E-state index in [0.717, 1.165) is 0 Å². The van der Waals surface area contributed by atoms with Gasteiger partial charge in [-0.3, -0.25) is 4.79 Å². The lowest BCUT2D eigenvalue weighted by Crippen LogP contribution is -2.31. The van der Waals surface area contributed by atoms with Crippen molar-refractivity contribution in [2.45, 2.75) is 6.42 Å². The molecule has 0 aliphatic carbocycles. The van der Waals surface area contributed by atoms with E-state index in [4.69, 9.17) is 9.47 Å². The highest BCUT2D eigenvalue weighted by Gasteiger charge is 2.07. The second-order valence-corrected chi connectivity index (χ2v) is 5.11. The molecule has 0 heterocycles. The van der Waals surface area contributed by atoms with E-state index in [1.807, 2.05) is 0 Å². The van der Waals surface area contributed by atoms with Crippen molar-refractivity contribution in [2.75, 3.05) is 32.6 Å². The van der Waals surface area contributed by atoms with Crippen LogP contribution in [0.15, 0.2) is 42.5 Å². The van der Waals surface area contributed by atoms with Crippen molar-refractivity contribution in [3.8, 4) is 11.5 Å². The molecule has 0 aromatic heterocycles. The number of amides is 1. The molecule has 0 saturated heterocycles. The van der Waals surface area contributed by atoms with E-state index in [0.29, 0.717) is 35.7 Å². The maximum atomic E-state index is 13.5. The van der Waals surface area contributed by atoms with Crippen LogP contribution < -0.4 is 20.1 Å². The minimum absolute atomic E-state index is 0.0972. The van der Waals surface area contributed by atoms with Crippen LogP contribution in [0.2, 0.25) is 0 Å². The molecule has 2 aromatic rings. The Balaban J connectivity index is 1.80. The van der Waals surface area contributed by atoms with Crippen LogP contribution in [0.1, 0.15) is 5.56 Å². The molecule has 2 rings (SSSR count). The van der Waals surface area contributed by atoms with E-state index < -0.39 is 0 Å². The summed E-state index contributed by atoms with van der Waals surface area (Å²) >= 11 is 0. The molecule has 24 heavy (non-hydrogen) atoms. The van der Waals surface area contributed by atoms with Crippen LogP contribution in [0.5, 0.6) is 11.5 Å². The highest BCUT2D eigenvalue weighted by atomic mass is 19.1. The molecular formula is C18H21FN2O3. The lowest BCUT2D eigenvalue weighted by molar-refractivity contribution is -0.119. The summed E-state index contributed by atoms with van der Waals surface area (Å²) in [6.45, 7) is 0.473. The smallest absolute Gasteiger partial charge is 0.239 e. The van der Waals surface area contributed by atoms with Crippen LogP contribution >= 0.6 is 0 Å². The summed E-state index contributed by atoms with van der Waals surface area (Å²) in [5.74, 6) is 0.831. The van der Waals surface area contributed by atoms with Gasteiger partial charge in [0.05, 0.1) is 26.5 Å². The topological polar surface area (TPSA) is 59.6 Å². The first-order valence-electron chi connectivity index (χ1n) is 7.60. The first-order valence-corrected chi connectivity index (χ1v) is 7.60. The van der Waals surface area contributed by atoms with Crippen molar-refractivity contribution in [3.63, 3.8) is 0 Å². The van der Waals surface area contributed by atoms with Gasteiger partial charge >= 0.3 is 0 Å². The van der Waals surface area contributed by atoms with Gasteiger partial charge < -0.3 is 20.1 Å². The molecule has 0 aliphatic rings. The number of carbonyl (C=O) groups excluding carboxylic acids is 1. The Morgan fingerprint density at radius 2 is 1.92 bits per heavy atom. The second kappa shape index (κ2) is 8.76. The Hall–Kier alpha value is -2.76. The van der Waals surface area contributed by atoms with E-state index in [1.165, 1.54) is 6.07 Å². The summed E-state index contributed by atoms with van der Waals surface area (Å²) in [5.41, 5.74) is 1.28. The molecule has 2 N–H and O–H groups in total. The van der Waals surface area contributed by atoms with Crippen molar-refractivity contribution in [2.24, 2.45) is 0 Å². The zero-order chi connectivity index (χ0) is 17.4. The molecule has 0 fully saturated rings. The number of nitrogens with one attached hydrogen (secondary N) is 2. The molecule has 0 aliphatic heterocycles. The lowest BCUT2D eigenvalue weighted by atomic mass is 10.1. The van der Waals surface area contributed by atoms with Gasteiger partial charge in [0.15, 0.2) is 0 Å². The Bertz CT molecular complexity index is 692. The Morgan fingerprint density at radius 1 is 1.12 bits per heavy atom. The Labute approximate surface area is 140 Å². The monoisotopic (exact) mass is 332 g/mol. The van der Waals surface area contributed by atoms with Gasteiger partial charge in [-0.1, -0.05) is 18.2 Å². The number of rotatable bonds is 8. The quantitative estimate of drug-likeness (QED) is 0.780. The van der Waals surface area contributed by atoms with Crippen LogP contribution in [-0.4, -0.2) is 33.2 Å². The fourth-order valence-electron chi connectivity index (χ4n) is 2.22. The molecule has 1 amide bonds. The van der Waals surface area contributed by atoms with Gasteiger partial charge in [-0.2, -0.15) is 0 Å². The maximum absolute atomic E-state index is 13.5. The molecule has 0 spiro atoms. The van der Waals surface area contributed by atoms with E-state index in [2.05, 4.69) is 10.6 Å². The van der Waals surface area contributed by atoms with E-state index in [-0.39, 0.29) is 18.3 Å². The maximum Gasteiger partial charge on any atom is 0.239 e. The van der Waals surface area contributed by atoms with Gasteiger partial charge in [-0.15, -0.1) is 0 Å². The first kappa shape index (κ1) is 17.6. The van der Waals surface area contributed by atoms with Crippen molar-refractivity contribution in [1.82, 2.24) is 5.32 Å². The molecule has 6 heteroatoms. The van der Waals surface area contributed by atoms with E-state index >= 15 is 0 Å². The van der Waals surface area contributed by atoms with Crippen LogP contribution in [-0.2, 0) is 11.2 Å². The van der Waals surface area contributed by atoms with Crippen LogP contribution in [0.25, 0.3) is 0 Å². The molecule has 0 atom stereocenters. The van der Waals surface area contributed by atoms with Crippen molar-refractivity contribution < 1.29 is 18.7 Å². The first-order chi connectivity index (χ1) is 11.6. The minimum atomic E-state index is -0.257. The summed E-state index contributed by atoms with van der Waals surface area (Å²) in [6, 6.07) is 11.8. The Morgan fingerprint density at radius 3 is 2.62 bits per heavy atom. The zero-order valence-electron chi connectivity index (χ0n) is 13.8. The summed E-state index contributed by atoms with van der Waals surface area (Å²) in [5, 5.41) is 5.76. The molecule has 0 unspecified atom stereocenters. The predicted octanol–water partition coefficient (Wildman–Crippen LogP) is 2.61. The number of carbonyl (C=O) groups is 1. The number of ether oxygens (including phenoxy) is 2. The van der Waals surface area contributed by atoms with Gasteiger partial charge in [0, 0.05) is 12.6 Å². The third-order valence-corrected chi connectivity index (χ3v) is 3.52. The van der Waals surface area contributed by atoms with Gasteiger partial charge in [0.1, 0.15) is 17.3 Å². The number of anilines is 1. The molecule has 128 valence electrons. The molecule has 2 aromatic carbocycles. The standard InChI is InChI=1S/C18H21FN2O3/c1-23-14-7-8-16(17(11-14)24-2)21-12-18(22)20-10-9-13-5-3-4-6-15(13)19/h3-8,11,21H,9-10,12H2,1-2H3,(H,20,22). The summed E-state index contributed by atoms with van der Waals surface area (Å²) in [6.07, 6.45) is 0.449. The average molecular weight is 332 g/mol. The fourth-order valence-corrected chi connectivity index (χ4v) is 2.22. The van der Waals surface area contributed by atoms with E-state index in [9.17, 15) is 9.18 Å². The van der Waals surface area contributed by atoms with E-state index in [1.54, 1.807) is 50.6 Å². The van der Waals surface area contributed by atoms with Crippen molar-refractivity contribution >= 4 is 11.6 Å². The molecule has 0 bridgehead atoms. The van der Waals surface area contributed by atoms with Gasteiger partial charge in [0.2, 0.25) is 5.91 Å². The van der Waals surface area contributed by atoms with Gasteiger partial charge in [-0.05, 0) is 30.2 Å². The zero-order valence-corrected chi connectivity index (χ0v) is 13.8. The third-order valence-electron chi connectivity index (χ3n) is 3.52. The highest BCUT2D eigenvalue weighted by Crippen LogP contribution is 2.28. The van der Waals surface area contributed by atoms with Crippen LogP contribution in [0.3, 0.4) is 0 Å². The van der Waals surface area contributed by atoms with Crippen molar-refractivity contribution in [3.05, 3.63) is 53.8 Å². The van der Waals surface area contributed by atoms with Crippen LogP contribution in [0, 0.1) is 5.82 Å². The Kier molecular flexibility index (Phi) is 6.42. The lowest BCUT2D eigenvalue weighted by Gasteiger charge is -2.12. The predicted molar refractivity (Wildman–Crippen MR) is 91.1 cm³/mol. The normalized spacial score (nSPS) is 10.1. The third kappa shape index (κ3) is 4.87. The van der Waals surface area contributed by atoms with Crippen molar-refractivity contribution in [1.29, 1.82) is 0 Å². The molecular weight excluding hydrogens is 311 g/mol. The SMILES string of the molecule is COc1ccc(NCC(=O)NCCc2ccccc2F)c(OC)c1. The fraction of sp³-hybridized carbons (Fsp3) is 0.278. The molecule has 5 nitrogen and oxygen atoms in total. The highest BCUT2D eigenvalue weighted by molar-refractivity contribution is 5.81. The summed E-state index contributed by atoms with van der Waals surface area (Å²) in [4.78, 5) is 11.9. The largest absolute Gasteiger partial charge is 0.497 e. The molecule has 0 radical (unpaired) electrons. The number of benzene rings is 2. The average Bonchev–Trinajstić information content (AvgIpc) is 2.61. The molecule has 0 saturated carbocycles. The number of hydrogen-bond acceptors (Lipinski definition) is 4. The summed E-state index contributed by atoms with van der Waals surface area (Å²) < 4.78 is 23.9.